The molecule has 0 aromatic rings. The van der Waals surface area contributed by atoms with E-state index in [2.05, 4.69) is 4.72 Å². The van der Waals surface area contributed by atoms with E-state index in [1.807, 2.05) is 13.8 Å². The first-order valence-corrected chi connectivity index (χ1v) is 8.94. The average molecular weight is 305 g/mol. The summed E-state index contributed by atoms with van der Waals surface area (Å²) in [5.74, 6) is 0.462. The topological polar surface area (TPSA) is 92.5 Å². The molecule has 1 heterocycles. The number of piperidine rings is 1. The molecule has 1 saturated heterocycles. The number of sulfonamides is 1. The molecule has 3 N–H and O–H groups in total. The minimum atomic E-state index is -3.17. The summed E-state index contributed by atoms with van der Waals surface area (Å²) in [4.78, 5) is 13.9. The Kier molecular flexibility index (Phi) is 6.42. The first-order chi connectivity index (χ1) is 9.25. The van der Waals surface area contributed by atoms with Gasteiger partial charge in [-0.3, -0.25) is 4.79 Å². The van der Waals surface area contributed by atoms with Gasteiger partial charge in [0.15, 0.2) is 0 Å². The molecule has 0 bridgehead atoms. The van der Waals surface area contributed by atoms with Crippen LogP contribution in [0.3, 0.4) is 0 Å². The molecule has 0 aromatic carbocycles. The number of amides is 1. The Hall–Kier alpha value is -0.660. The Morgan fingerprint density at radius 3 is 2.35 bits per heavy atom. The summed E-state index contributed by atoms with van der Waals surface area (Å²) in [6.45, 7) is 6.84. The number of likely N-dealkylation sites (tertiary alicyclic amines) is 1. The second-order valence-corrected chi connectivity index (χ2v) is 7.90. The molecule has 1 rings (SSSR count). The van der Waals surface area contributed by atoms with E-state index >= 15 is 0 Å². The smallest absolute Gasteiger partial charge is 0.239 e. The van der Waals surface area contributed by atoms with Gasteiger partial charge in [-0.15, -0.1) is 0 Å². The van der Waals surface area contributed by atoms with Gasteiger partial charge in [0.05, 0.1) is 11.8 Å². The lowest BCUT2D eigenvalue weighted by Crippen LogP contribution is -2.51. The molecule has 20 heavy (non-hydrogen) atoms. The fraction of sp³-hybridized carbons (Fsp3) is 0.923. The SMILES string of the molecule is CCS(=O)(=O)NC1CCN(C(=O)[C@H](N)CC(C)C)CC1. The highest BCUT2D eigenvalue weighted by atomic mass is 32.2. The van der Waals surface area contributed by atoms with Crippen molar-refractivity contribution in [3.05, 3.63) is 0 Å². The molecule has 1 aliphatic rings. The number of carbonyl (C=O) groups is 1. The van der Waals surface area contributed by atoms with Gasteiger partial charge in [-0.05, 0) is 32.1 Å². The van der Waals surface area contributed by atoms with Crippen molar-refractivity contribution in [1.29, 1.82) is 0 Å². The molecule has 1 amide bonds. The normalized spacial score (nSPS) is 19.4. The molecule has 0 spiro atoms. The van der Waals surface area contributed by atoms with E-state index in [-0.39, 0.29) is 17.7 Å². The Morgan fingerprint density at radius 1 is 1.35 bits per heavy atom. The van der Waals surface area contributed by atoms with Crippen molar-refractivity contribution in [2.45, 2.75) is 52.1 Å². The van der Waals surface area contributed by atoms with Crippen molar-refractivity contribution in [3.63, 3.8) is 0 Å². The van der Waals surface area contributed by atoms with Crippen molar-refractivity contribution in [2.75, 3.05) is 18.8 Å². The Morgan fingerprint density at radius 2 is 1.90 bits per heavy atom. The van der Waals surface area contributed by atoms with Crippen molar-refractivity contribution in [3.8, 4) is 0 Å². The summed E-state index contributed by atoms with van der Waals surface area (Å²) in [5.41, 5.74) is 5.90. The van der Waals surface area contributed by atoms with Gasteiger partial charge < -0.3 is 10.6 Å². The van der Waals surface area contributed by atoms with E-state index in [4.69, 9.17) is 5.73 Å². The zero-order chi connectivity index (χ0) is 15.3. The van der Waals surface area contributed by atoms with Gasteiger partial charge in [-0.25, -0.2) is 13.1 Å². The summed E-state index contributed by atoms with van der Waals surface area (Å²) in [6, 6.07) is -0.510. The van der Waals surface area contributed by atoms with Crippen LogP contribution < -0.4 is 10.5 Å². The third-order valence-corrected chi connectivity index (χ3v) is 5.03. The van der Waals surface area contributed by atoms with Crippen LogP contribution in [-0.2, 0) is 14.8 Å². The predicted octanol–water partition coefficient (Wildman–Crippen LogP) is 0.290. The van der Waals surface area contributed by atoms with Crippen molar-refractivity contribution in [1.82, 2.24) is 9.62 Å². The van der Waals surface area contributed by atoms with Gasteiger partial charge in [0.1, 0.15) is 0 Å². The molecule has 1 atom stereocenters. The number of nitrogens with two attached hydrogens (primary N) is 1. The number of rotatable bonds is 6. The van der Waals surface area contributed by atoms with E-state index in [0.717, 1.165) is 0 Å². The maximum absolute atomic E-state index is 12.1. The second kappa shape index (κ2) is 7.38. The molecule has 0 saturated carbocycles. The highest BCUT2D eigenvalue weighted by molar-refractivity contribution is 7.89. The molecule has 7 heteroatoms. The summed E-state index contributed by atoms with van der Waals surface area (Å²) in [6.07, 6.45) is 1.99. The van der Waals surface area contributed by atoms with Crippen molar-refractivity contribution < 1.29 is 13.2 Å². The quantitative estimate of drug-likeness (QED) is 0.737. The zero-order valence-electron chi connectivity index (χ0n) is 12.6. The number of carbonyl (C=O) groups excluding carboxylic acids is 1. The molecule has 0 unspecified atom stereocenters. The number of nitrogens with zero attached hydrogens (tertiary/aromatic N) is 1. The molecule has 0 aliphatic carbocycles. The molecule has 0 aromatic heterocycles. The number of hydrogen-bond acceptors (Lipinski definition) is 4. The van der Waals surface area contributed by atoms with Gasteiger partial charge >= 0.3 is 0 Å². The average Bonchev–Trinajstić information content (AvgIpc) is 2.37. The van der Waals surface area contributed by atoms with Crippen LogP contribution in [0.2, 0.25) is 0 Å². The maximum Gasteiger partial charge on any atom is 0.239 e. The lowest BCUT2D eigenvalue weighted by molar-refractivity contribution is -0.134. The van der Waals surface area contributed by atoms with Gasteiger partial charge in [-0.2, -0.15) is 0 Å². The molecular weight excluding hydrogens is 278 g/mol. The Balaban J connectivity index is 2.44. The fourth-order valence-electron chi connectivity index (χ4n) is 2.40. The Bertz CT molecular complexity index is 415. The third kappa shape index (κ3) is 5.38. The van der Waals surface area contributed by atoms with Crippen LogP contribution in [0.15, 0.2) is 0 Å². The molecule has 118 valence electrons. The zero-order valence-corrected chi connectivity index (χ0v) is 13.4. The van der Waals surface area contributed by atoms with Crippen molar-refractivity contribution >= 4 is 15.9 Å². The van der Waals surface area contributed by atoms with E-state index in [1.54, 1.807) is 11.8 Å². The monoisotopic (exact) mass is 305 g/mol. The molecule has 1 aliphatic heterocycles. The summed E-state index contributed by atoms with van der Waals surface area (Å²) >= 11 is 0. The minimum absolute atomic E-state index is 0.0181. The highest BCUT2D eigenvalue weighted by Crippen LogP contribution is 2.14. The highest BCUT2D eigenvalue weighted by Gasteiger charge is 2.28. The van der Waals surface area contributed by atoms with E-state index < -0.39 is 16.1 Å². The van der Waals surface area contributed by atoms with Crippen LogP contribution in [0, 0.1) is 5.92 Å². The van der Waals surface area contributed by atoms with Crippen LogP contribution in [0.25, 0.3) is 0 Å². The van der Waals surface area contributed by atoms with E-state index in [1.165, 1.54) is 0 Å². The van der Waals surface area contributed by atoms with Crippen LogP contribution in [0.4, 0.5) is 0 Å². The van der Waals surface area contributed by atoms with Crippen LogP contribution >= 0.6 is 0 Å². The van der Waals surface area contributed by atoms with Crippen molar-refractivity contribution in [2.24, 2.45) is 11.7 Å². The largest absolute Gasteiger partial charge is 0.341 e. The van der Waals surface area contributed by atoms with E-state index in [9.17, 15) is 13.2 Å². The van der Waals surface area contributed by atoms with E-state index in [0.29, 0.717) is 38.3 Å². The summed E-state index contributed by atoms with van der Waals surface area (Å²) in [7, 11) is -3.17. The standard InChI is InChI=1S/C13H27N3O3S/c1-4-20(18,19)15-11-5-7-16(8-6-11)13(17)12(14)9-10(2)3/h10-12,15H,4-9,14H2,1-3H3/t12-/m1/s1. The first-order valence-electron chi connectivity index (χ1n) is 7.29. The Labute approximate surface area is 122 Å². The fourth-order valence-corrected chi connectivity index (χ4v) is 3.31. The summed E-state index contributed by atoms with van der Waals surface area (Å²) < 4.78 is 25.7. The van der Waals surface area contributed by atoms with Gasteiger partial charge in [0.25, 0.3) is 0 Å². The molecule has 6 nitrogen and oxygen atoms in total. The molecule has 1 fully saturated rings. The molecular formula is C13H27N3O3S. The van der Waals surface area contributed by atoms with Gasteiger partial charge in [-0.1, -0.05) is 13.8 Å². The van der Waals surface area contributed by atoms with Crippen LogP contribution in [0.1, 0.15) is 40.0 Å². The van der Waals surface area contributed by atoms with Gasteiger partial charge in [0.2, 0.25) is 15.9 Å². The lowest BCUT2D eigenvalue weighted by atomic mass is 10.0. The number of nitrogens with one attached hydrogen (secondary N) is 1. The van der Waals surface area contributed by atoms with Crippen LogP contribution in [-0.4, -0.2) is 50.2 Å². The molecule has 0 radical (unpaired) electrons. The lowest BCUT2D eigenvalue weighted by Gasteiger charge is -2.33. The maximum atomic E-state index is 12.1. The second-order valence-electron chi connectivity index (χ2n) is 5.86. The van der Waals surface area contributed by atoms with Crippen LogP contribution in [0.5, 0.6) is 0 Å². The summed E-state index contributed by atoms with van der Waals surface area (Å²) in [5, 5.41) is 0. The van der Waals surface area contributed by atoms with Gasteiger partial charge in [0, 0.05) is 19.1 Å². The number of hydrogen-bond donors (Lipinski definition) is 2. The predicted molar refractivity (Wildman–Crippen MR) is 79.6 cm³/mol. The third-order valence-electron chi connectivity index (χ3n) is 3.58. The minimum Gasteiger partial charge on any atom is -0.341 e. The first kappa shape index (κ1) is 17.4.